The Bertz CT molecular complexity index is 371. The van der Waals surface area contributed by atoms with Crippen LogP contribution >= 0.6 is 34.8 Å². The van der Waals surface area contributed by atoms with Crippen molar-refractivity contribution in [2.75, 3.05) is 19.0 Å². The van der Waals surface area contributed by atoms with Crippen molar-refractivity contribution in [1.29, 1.82) is 0 Å². The molecule has 0 atom stereocenters. The molecule has 15 heavy (non-hydrogen) atoms. The fraction of sp³-hybridized carbons (Fsp3) is 0.300. The van der Waals surface area contributed by atoms with Crippen molar-refractivity contribution in [1.82, 2.24) is 0 Å². The lowest BCUT2D eigenvalue weighted by atomic mass is 10.1. The number of hydrogen-bond acceptors (Lipinski definition) is 2. The summed E-state index contributed by atoms with van der Waals surface area (Å²) in [6, 6.07) is 6.93. The molecule has 5 heteroatoms. The summed E-state index contributed by atoms with van der Waals surface area (Å²) in [4.78, 5) is 13.5. The van der Waals surface area contributed by atoms with Gasteiger partial charge in [-0.1, -0.05) is 46.9 Å². The van der Waals surface area contributed by atoms with E-state index in [1.807, 2.05) is 25.1 Å². The Hall–Kier alpha value is -0.440. The quantitative estimate of drug-likeness (QED) is 0.605. The number of hydrogen-bond donors (Lipinski definition) is 0. The van der Waals surface area contributed by atoms with Crippen molar-refractivity contribution in [3.63, 3.8) is 0 Å². The lowest BCUT2D eigenvalue weighted by Gasteiger charge is -2.14. The van der Waals surface area contributed by atoms with E-state index in [0.29, 0.717) is 5.56 Å². The fourth-order valence-corrected chi connectivity index (χ4v) is 1.42. The van der Waals surface area contributed by atoms with Crippen LogP contribution in [0, 0.1) is 0 Å². The number of carbonyl (C=O) groups is 1. The number of rotatable bonds is 2. The summed E-state index contributed by atoms with van der Waals surface area (Å²) >= 11 is 16.6. The Morgan fingerprint density at radius 2 is 1.87 bits per heavy atom. The van der Waals surface area contributed by atoms with Crippen LogP contribution in [-0.4, -0.2) is 23.7 Å². The second-order valence-corrected chi connectivity index (χ2v) is 5.55. The molecule has 0 radical (unpaired) electrons. The number of anilines is 1. The molecule has 0 fully saturated rings. The second kappa shape index (κ2) is 4.60. The molecule has 0 saturated heterocycles. The molecule has 0 aliphatic heterocycles. The topological polar surface area (TPSA) is 20.3 Å². The zero-order valence-corrected chi connectivity index (χ0v) is 10.6. The van der Waals surface area contributed by atoms with Crippen molar-refractivity contribution in [2.24, 2.45) is 0 Å². The molecule has 0 bridgehead atoms. The van der Waals surface area contributed by atoms with Crippen LogP contribution in [0.15, 0.2) is 24.3 Å². The highest BCUT2D eigenvalue weighted by atomic mass is 35.6. The predicted molar refractivity (Wildman–Crippen MR) is 65.4 cm³/mol. The minimum absolute atomic E-state index is 0.390. The van der Waals surface area contributed by atoms with Crippen molar-refractivity contribution in [2.45, 2.75) is 3.79 Å². The number of carbonyl (C=O) groups excluding carboxylic acids is 1. The number of nitrogens with zero attached hydrogens (tertiary/aromatic N) is 1. The minimum Gasteiger partial charge on any atom is -0.378 e. The Labute approximate surface area is 104 Å². The van der Waals surface area contributed by atoms with Gasteiger partial charge in [-0.15, -0.1) is 0 Å². The molecule has 82 valence electrons. The first-order valence-electron chi connectivity index (χ1n) is 4.21. The summed E-state index contributed by atoms with van der Waals surface area (Å²) in [7, 11) is 3.75. The molecular weight excluding hydrogens is 256 g/mol. The third-order valence-electron chi connectivity index (χ3n) is 1.88. The Kier molecular flexibility index (Phi) is 3.87. The molecule has 1 rings (SSSR count). The van der Waals surface area contributed by atoms with E-state index in [4.69, 9.17) is 34.8 Å². The summed E-state index contributed by atoms with van der Waals surface area (Å²) in [5, 5.41) is 0. The van der Waals surface area contributed by atoms with Crippen LogP contribution in [0.2, 0.25) is 0 Å². The molecule has 1 aromatic rings. The number of alkyl halides is 3. The molecular formula is C10H10Cl3NO. The van der Waals surface area contributed by atoms with E-state index in [2.05, 4.69) is 0 Å². The van der Waals surface area contributed by atoms with Gasteiger partial charge in [0.1, 0.15) is 0 Å². The van der Waals surface area contributed by atoms with Crippen molar-refractivity contribution in [3.8, 4) is 0 Å². The first-order valence-corrected chi connectivity index (χ1v) is 5.34. The van der Waals surface area contributed by atoms with Crippen molar-refractivity contribution in [3.05, 3.63) is 29.8 Å². The average molecular weight is 267 g/mol. The lowest BCUT2D eigenvalue weighted by Crippen LogP contribution is -2.19. The number of Topliss-reactive ketones (excluding diaryl/α,β-unsaturated/α-hetero) is 1. The van der Waals surface area contributed by atoms with E-state index in [9.17, 15) is 4.79 Å². The molecule has 0 aliphatic carbocycles. The highest BCUT2D eigenvalue weighted by Crippen LogP contribution is 2.31. The van der Waals surface area contributed by atoms with Gasteiger partial charge in [-0.2, -0.15) is 0 Å². The summed E-state index contributed by atoms with van der Waals surface area (Å²) in [6.45, 7) is 0. The predicted octanol–water partition coefficient (Wildman–Crippen LogP) is 3.31. The van der Waals surface area contributed by atoms with Gasteiger partial charge < -0.3 is 4.90 Å². The molecule has 0 saturated carbocycles. The lowest BCUT2D eigenvalue weighted by molar-refractivity contribution is 0.0996. The van der Waals surface area contributed by atoms with E-state index < -0.39 is 9.58 Å². The van der Waals surface area contributed by atoms with Crippen molar-refractivity contribution >= 4 is 46.3 Å². The van der Waals surface area contributed by atoms with Gasteiger partial charge >= 0.3 is 0 Å². The van der Waals surface area contributed by atoms with Gasteiger partial charge in [0.15, 0.2) is 0 Å². The van der Waals surface area contributed by atoms with E-state index in [0.717, 1.165) is 5.69 Å². The molecule has 0 heterocycles. The highest BCUT2D eigenvalue weighted by molar-refractivity contribution is 6.77. The molecule has 0 amide bonds. The van der Waals surface area contributed by atoms with Gasteiger partial charge in [0.25, 0.3) is 3.79 Å². The fourth-order valence-electron chi connectivity index (χ4n) is 1.09. The maximum atomic E-state index is 11.6. The van der Waals surface area contributed by atoms with Gasteiger partial charge in [-0.25, -0.2) is 0 Å². The van der Waals surface area contributed by atoms with Crippen LogP contribution in [0.4, 0.5) is 5.69 Å². The van der Waals surface area contributed by atoms with Gasteiger partial charge in [0, 0.05) is 25.3 Å². The molecule has 0 N–H and O–H groups in total. The van der Waals surface area contributed by atoms with E-state index in [1.165, 1.54) is 0 Å². The highest BCUT2D eigenvalue weighted by Gasteiger charge is 2.31. The van der Waals surface area contributed by atoms with Gasteiger partial charge in [0.2, 0.25) is 5.78 Å². The summed E-state index contributed by atoms with van der Waals surface area (Å²) < 4.78 is -1.90. The monoisotopic (exact) mass is 265 g/mol. The zero-order valence-electron chi connectivity index (χ0n) is 8.30. The first-order chi connectivity index (χ1) is 6.82. The van der Waals surface area contributed by atoms with Crippen LogP contribution in [0.1, 0.15) is 10.4 Å². The average Bonchev–Trinajstić information content (AvgIpc) is 2.15. The number of ketones is 1. The third-order valence-corrected chi connectivity index (χ3v) is 2.40. The zero-order chi connectivity index (χ0) is 11.6. The number of halogens is 3. The van der Waals surface area contributed by atoms with Crippen LogP contribution in [0.25, 0.3) is 0 Å². The molecule has 2 nitrogen and oxygen atoms in total. The molecule has 0 unspecified atom stereocenters. The van der Waals surface area contributed by atoms with Gasteiger partial charge in [-0.05, 0) is 12.1 Å². The summed E-state index contributed by atoms with van der Waals surface area (Å²) in [5.41, 5.74) is 1.27. The van der Waals surface area contributed by atoms with E-state index >= 15 is 0 Å². The molecule has 0 aliphatic rings. The Balaban J connectivity index is 3.06. The maximum absolute atomic E-state index is 11.6. The maximum Gasteiger partial charge on any atom is 0.253 e. The third kappa shape index (κ3) is 3.26. The molecule has 0 aromatic heterocycles. The first kappa shape index (κ1) is 12.6. The molecule has 1 aromatic carbocycles. The SMILES string of the molecule is CN(C)c1cccc(C(=O)C(Cl)(Cl)Cl)c1. The summed E-state index contributed by atoms with van der Waals surface area (Å²) in [6.07, 6.45) is 0. The Morgan fingerprint density at radius 1 is 1.27 bits per heavy atom. The van der Waals surface area contributed by atoms with Crippen LogP contribution in [-0.2, 0) is 0 Å². The van der Waals surface area contributed by atoms with Gasteiger partial charge in [-0.3, -0.25) is 4.79 Å². The normalized spacial score (nSPS) is 11.3. The standard InChI is InChI=1S/C10H10Cl3NO/c1-14(2)8-5-3-4-7(6-8)9(15)10(11,12)13/h3-6H,1-2H3. The van der Waals surface area contributed by atoms with Crippen LogP contribution < -0.4 is 4.90 Å². The van der Waals surface area contributed by atoms with E-state index in [-0.39, 0.29) is 0 Å². The van der Waals surface area contributed by atoms with Gasteiger partial charge in [0.05, 0.1) is 0 Å². The smallest absolute Gasteiger partial charge is 0.253 e. The largest absolute Gasteiger partial charge is 0.378 e. The molecule has 0 spiro atoms. The van der Waals surface area contributed by atoms with Crippen LogP contribution in [0.3, 0.4) is 0 Å². The van der Waals surface area contributed by atoms with Crippen molar-refractivity contribution < 1.29 is 4.79 Å². The van der Waals surface area contributed by atoms with E-state index in [1.54, 1.807) is 18.2 Å². The number of benzene rings is 1. The van der Waals surface area contributed by atoms with Crippen LogP contribution in [0.5, 0.6) is 0 Å². The summed E-state index contributed by atoms with van der Waals surface area (Å²) in [5.74, 6) is -0.517. The second-order valence-electron chi connectivity index (χ2n) is 3.27. The minimum atomic E-state index is -1.90. The Morgan fingerprint density at radius 3 is 2.33 bits per heavy atom.